The molecule has 2 aromatic carbocycles. The van der Waals surface area contributed by atoms with Gasteiger partial charge in [0.15, 0.2) is 0 Å². The zero-order chi connectivity index (χ0) is 28.0. The quantitative estimate of drug-likeness (QED) is 0.328. The van der Waals surface area contributed by atoms with Crippen molar-refractivity contribution >= 4 is 24.0 Å². The Hall–Kier alpha value is -4.46. The van der Waals surface area contributed by atoms with Crippen LogP contribution < -0.4 is 18.9 Å². The zero-order valence-corrected chi connectivity index (χ0v) is 23.0. The summed E-state index contributed by atoms with van der Waals surface area (Å²) in [7, 11) is 6.42. The summed E-state index contributed by atoms with van der Waals surface area (Å²) in [5.41, 5.74) is 1.76. The molecule has 1 aliphatic heterocycles. The zero-order valence-electron chi connectivity index (χ0n) is 23.0. The van der Waals surface area contributed by atoms with Crippen LogP contribution in [0.5, 0.6) is 23.0 Å². The van der Waals surface area contributed by atoms with Crippen molar-refractivity contribution in [2.75, 3.05) is 54.6 Å². The number of rotatable bonds is 10. The molecule has 39 heavy (non-hydrogen) atoms. The van der Waals surface area contributed by atoms with E-state index in [0.29, 0.717) is 49.2 Å². The molecule has 0 aliphatic carbocycles. The van der Waals surface area contributed by atoms with Crippen molar-refractivity contribution in [1.29, 1.82) is 0 Å². The number of hydrogen-bond donors (Lipinski definition) is 0. The molecule has 0 spiro atoms. The van der Waals surface area contributed by atoms with Gasteiger partial charge in [0.25, 0.3) is 0 Å². The Balaban J connectivity index is 1.50. The summed E-state index contributed by atoms with van der Waals surface area (Å²) in [6.45, 7) is 2.17. The van der Waals surface area contributed by atoms with Crippen LogP contribution in [0.2, 0.25) is 0 Å². The highest BCUT2D eigenvalue weighted by Gasteiger charge is 2.19. The fraction of sp³-hybridized carbons (Fsp3) is 0.290. The van der Waals surface area contributed by atoms with Crippen LogP contribution in [0, 0.1) is 0 Å². The van der Waals surface area contributed by atoms with Gasteiger partial charge in [-0.05, 0) is 30.7 Å². The van der Waals surface area contributed by atoms with Crippen molar-refractivity contribution in [3.05, 3.63) is 84.0 Å². The van der Waals surface area contributed by atoms with Crippen LogP contribution in [0.1, 0.15) is 17.5 Å². The van der Waals surface area contributed by atoms with E-state index in [4.69, 9.17) is 18.9 Å². The largest absolute Gasteiger partial charge is 0.497 e. The molecule has 0 radical (unpaired) electrons. The molecule has 8 nitrogen and oxygen atoms in total. The topological polar surface area (TPSA) is 77.5 Å². The molecule has 2 amide bonds. The fourth-order valence-corrected chi connectivity index (χ4v) is 4.08. The number of benzene rings is 2. The summed E-state index contributed by atoms with van der Waals surface area (Å²) in [5, 5.41) is 0. The Kier molecular flexibility index (Phi) is 11.2. The van der Waals surface area contributed by atoms with Crippen molar-refractivity contribution in [2.45, 2.75) is 6.42 Å². The van der Waals surface area contributed by atoms with Crippen molar-refractivity contribution in [2.24, 2.45) is 0 Å². The molecule has 206 valence electrons. The van der Waals surface area contributed by atoms with Gasteiger partial charge in [0.05, 0.1) is 28.4 Å². The molecular weight excluding hydrogens is 496 g/mol. The number of carbonyl (C=O) groups excluding carboxylic acids is 2. The second kappa shape index (κ2) is 15.1. The molecule has 2 aromatic rings. The molecular formula is C31H36N2O6. The normalized spacial score (nSPS) is 14.4. The maximum atomic E-state index is 12.7. The van der Waals surface area contributed by atoms with Crippen LogP contribution in [0.15, 0.2) is 72.9 Å². The van der Waals surface area contributed by atoms with Crippen molar-refractivity contribution in [3.63, 3.8) is 0 Å². The molecule has 0 bridgehead atoms. The molecule has 1 saturated heterocycles. The second-order valence-corrected chi connectivity index (χ2v) is 8.66. The smallest absolute Gasteiger partial charge is 0.246 e. The Bertz CT molecular complexity index is 1150. The summed E-state index contributed by atoms with van der Waals surface area (Å²) in [6, 6.07) is 11.1. The highest BCUT2D eigenvalue weighted by Crippen LogP contribution is 2.26. The number of nitrogens with zero attached hydrogens (tertiary/aromatic N) is 2. The molecule has 1 fully saturated rings. The first-order chi connectivity index (χ1) is 19.0. The average molecular weight is 533 g/mol. The fourth-order valence-electron chi connectivity index (χ4n) is 4.08. The Morgan fingerprint density at radius 3 is 1.44 bits per heavy atom. The van der Waals surface area contributed by atoms with Crippen molar-refractivity contribution in [3.8, 4) is 23.0 Å². The molecule has 3 rings (SSSR count). The lowest BCUT2D eigenvalue weighted by Gasteiger charge is -2.20. The van der Waals surface area contributed by atoms with E-state index in [1.165, 1.54) is 0 Å². The van der Waals surface area contributed by atoms with Crippen LogP contribution in [-0.2, 0) is 9.59 Å². The summed E-state index contributed by atoms with van der Waals surface area (Å²) in [5.74, 6) is 2.64. The monoisotopic (exact) mass is 532 g/mol. The minimum atomic E-state index is -0.0810. The average Bonchev–Trinajstić information content (AvgIpc) is 3.24. The lowest BCUT2D eigenvalue weighted by molar-refractivity contribution is -0.128. The molecule has 0 aromatic heterocycles. The maximum absolute atomic E-state index is 12.7. The summed E-state index contributed by atoms with van der Waals surface area (Å²) >= 11 is 0. The first kappa shape index (κ1) is 29.1. The summed E-state index contributed by atoms with van der Waals surface area (Å²) in [6.07, 6.45) is 14.6. The third-order valence-corrected chi connectivity index (χ3v) is 6.25. The van der Waals surface area contributed by atoms with Gasteiger partial charge in [0.2, 0.25) is 11.8 Å². The predicted octanol–water partition coefficient (Wildman–Crippen LogP) is 4.62. The molecule has 0 unspecified atom stereocenters. The van der Waals surface area contributed by atoms with E-state index < -0.39 is 0 Å². The number of carbonyl (C=O) groups is 2. The van der Waals surface area contributed by atoms with E-state index in [1.54, 1.807) is 74.7 Å². The Labute approximate surface area is 230 Å². The van der Waals surface area contributed by atoms with Gasteiger partial charge >= 0.3 is 0 Å². The molecule has 1 heterocycles. The SMILES string of the molecule is COc1ccc(/C=C/C=C/C(=O)N2CCCN(C(=O)/C=C/C=C/c3ccc(OC)cc3OC)CC2)c(OC)c1. The minimum absolute atomic E-state index is 0.0810. The van der Waals surface area contributed by atoms with E-state index >= 15 is 0 Å². The highest BCUT2D eigenvalue weighted by molar-refractivity contribution is 5.89. The number of ether oxygens (including phenoxy) is 4. The number of allylic oxidation sites excluding steroid dienone is 4. The lowest BCUT2D eigenvalue weighted by atomic mass is 10.1. The summed E-state index contributed by atoms with van der Waals surface area (Å²) < 4.78 is 21.2. The van der Waals surface area contributed by atoms with Crippen LogP contribution in [-0.4, -0.2) is 76.2 Å². The third-order valence-electron chi connectivity index (χ3n) is 6.25. The van der Waals surface area contributed by atoms with Crippen LogP contribution in [0.3, 0.4) is 0 Å². The van der Waals surface area contributed by atoms with E-state index in [2.05, 4.69) is 0 Å². The van der Waals surface area contributed by atoms with Gasteiger partial charge in [-0.2, -0.15) is 0 Å². The first-order valence-electron chi connectivity index (χ1n) is 12.7. The lowest BCUT2D eigenvalue weighted by Crippen LogP contribution is -2.36. The number of methoxy groups -OCH3 is 4. The predicted molar refractivity (Wildman–Crippen MR) is 153 cm³/mol. The van der Waals surface area contributed by atoms with E-state index in [0.717, 1.165) is 17.5 Å². The van der Waals surface area contributed by atoms with Gasteiger partial charge in [-0.25, -0.2) is 0 Å². The number of hydrogen-bond acceptors (Lipinski definition) is 6. The van der Waals surface area contributed by atoms with Gasteiger partial charge in [0, 0.05) is 61.6 Å². The van der Waals surface area contributed by atoms with Crippen LogP contribution in [0.4, 0.5) is 0 Å². The Morgan fingerprint density at radius 2 is 1.05 bits per heavy atom. The van der Waals surface area contributed by atoms with Crippen LogP contribution >= 0.6 is 0 Å². The second-order valence-electron chi connectivity index (χ2n) is 8.66. The van der Waals surface area contributed by atoms with Crippen molar-refractivity contribution in [1.82, 2.24) is 9.80 Å². The van der Waals surface area contributed by atoms with Crippen LogP contribution in [0.25, 0.3) is 12.2 Å². The van der Waals surface area contributed by atoms with E-state index in [1.807, 2.05) is 48.6 Å². The molecule has 1 aliphatic rings. The van der Waals surface area contributed by atoms with E-state index in [-0.39, 0.29) is 11.8 Å². The third kappa shape index (κ3) is 8.53. The van der Waals surface area contributed by atoms with Gasteiger partial charge in [-0.1, -0.05) is 36.5 Å². The minimum Gasteiger partial charge on any atom is -0.497 e. The molecule has 0 atom stereocenters. The van der Waals surface area contributed by atoms with Gasteiger partial charge in [-0.15, -0.1) is 0 Å². The molecule has 0 saturated carbocycles. The van der Waals surface area contributed by atoms with E-state index in [9.17, 15) is 9.59 Å². The van der Waals surface area contributed by atoms with Crippen molar-refractivity contribution < 1.29 is 28.5 Å². The highest BCUT2D eigenvalue weighted by atomic mass is 16.5. The number of amides is 2. The maximum Gasteiger partial charge on any atom is 0.246 e. The standard InChI is InChI=1S/C31H36N2O6/c1-36-26-16-14-24(28(22-26)38-3)10-5-7-12-30(34)32-18-9-19-33(21-20-32)31(35)13-8-6-11-25-15-17-27(37-2)23-29(25)39-4/h5-8,10-17,22-23H,9,18-21H2,1-4H3/b10-5+,11-6+,12-7+,13-8+. The van der Waals surface area contributed by atoms with Gasteiger partial charge in [0.1, 0.15) is 23.0 Å². The van der Waals surface area contributed by atoms with Gasteiger partial charge in [-0.3, -0.25) is 9.59 Å². The molecule has 0 N–H and O–H groups in total. The Morgan fingerprint density at radius 1 is 0.615 bits per heavy atom. The first-order valence-corrected chi connectivity index (χ1v) is 12.7. The summed E-state index contributed by atoms with van der Waals surface area (Å²) in [4.78, 5) is 28.9. The van der Waals surface area contributed by atoms with Gasteiger partial charge < -0.3 is 28.7 Å². The molecule has 8 heteroatoms.